The van der Waals surface area contributed by atoms with Gasteiger partial charge < -0.3 is 20.5 Å². The fraction of sp³-hybridized carbons (Fsp3) is 0.348. The zero-order chi connectivity index (χ0) is 21.3. The lowest BCUT2D eigenvalue weighted by Gasteiger charge is -2.08. The Morgan fingerprint density at radius 3 is 2.43 bits per heavy atom. The van der Waals surface area contributed by atoms with Crippen LogP contribution >= 0.6 is 0 Å². The summed E-state index contributed by atoms with van der Waals surface area (Å²) < 4.78 is 2.00. The van der Waals surface area contributed by atoms with E-state index >= 15 is 0 Å². The number of carbonyl (C=O) groups excluding carboxylic acids is 2. The molecule has 2 aromatic carbocycles. The van der Waals surface area contributed by atoms with Crippen LogP contribution in [0.4, 0.5) is 11.6 Å². The number of aryl methyl sites for hydroxylation is 1. The average molecular weight is 408 g/mol. The number of imidazole rings is 1. The van der Waals surface area contributed by atoms with Gasteiger partial charge in [-0.25, -0.2) is 4.98 Å². The molecule has 3 rings (SSSR count). The number of fused-ring (bicyclic) bond motifs is 1. The maximum atomic E-state index is 12.3. The van der Waals surface area contributed by atoms with Gasteiger partial charge >= 0.3 is 0 Å². The SMILES string of the molecule is CNC(=O)CCCCCCNC(=O)c1ccc(Nc2nc3ccccc3n2C)cc1. The molecule has 0 atom stereocenters. The van der Waals surface area contributed by atoms with Crippen molar-refractivity contribution in [3.63, 3.8) is 0 Å². The van der Waals surface area contributed by atoms with Crippen LogP contribution in [-0.2, 0) is 11.8 Å². The van der Waals surface area contributed by atoms with E-state index in [0.717, 1.165) is 48.4 Å². The molecular weight excluding hydrogens is 378 g/mol. The van der Waals surface area contributed by atoms with Crippen LogP contribution in [0.25, 0.3) is 11.0 Å². The van der Waals surface area contributed by atoms with Crippen LogP contribution in [0, 0.1) is 0 Å². The third-order valence-corrected chi connectivity index (χ3v) is 5.09. The largest absolute Gasteiger partial charge is 0.359 e. The van der Waals surface area contributed by atoms with Crippen molar-refractivity contribution in [1.29, 1.82) is 0 Å². The lowest BCUT2D eigenvalue weighted by Crippen LogP contribution is -2.24. The summed E-state index contributed by atoms with van der Waals surface area (Å²) in [6.07, 6.45) is 4.35. The molecule has 2 amide bonds. The molecular formula is C23H29N5O2. The first-order valence-electron chi connectivity index (χ1n) is 10.4. The fourth-order valence-electron chi connectivity index (χ4n) is 3.28. The Morgan fingerprint density at radius 1 is 0.967 bits per heavy atom. The first-order chi connectivity index (χ1) is 14.6. The van der Waals surface area contributed by atoms with Crippen LogP contribution in [-0.4, -0.2) is 35.0 Å². The summed E-state index contributed by atoms with van der Waals surface area (Å²) >= 11 is 0. The maximum Gasteiger partial charge on any atom is 0.251 e. The number of nitrogens with one attached hydrogen (secondary N) is 3. The molecule has 0 bridgehead atoms. The summed E-state index contributed by atoms with van der Waals surface area (Å²) in [6, 6.07) is 15.4. The van der Waals surface area contributed by atoms with Crippen molar-refractivity contribution in [2.75, 3.05) is 18.9 Å². The predicted octanol–water partition coefficient (Wildman–Crippen LogP) is 3.74. The third kappa shape index (κ3) is 5.59. The second-order valence-electron chi connectivity index (χ2n) is 7.28. The number of hydrogen-bond donors (Lipinski definition) is 3. The smallest absolute Gasteiger partial charge is 0.251 e. The molecule has 0 saturated heterocycles. The highest BCUT2D eigenvalue weighted by molar-refractivity contribution is 5.94. The Hall–Kier alpha value is -3.35. The van der Waals surface area contributed by atoms with Crippen molar-refractivity contribution in [2.24, 2.45) is 7.05 Å². The van der Waals surface area contributed by atoms with E-state index in [9.17, 15) is 9.59 Å². The van der Waals surface area contributed by atoms with Crippen LogP contribution in [0.5, 0.6) is 0 Å². The van der Waals surface area contributed by atoms with E-state index in [1.54, 1.807) is 7.05 Å². The van der Waals surface area contributed by atoms with Crippen molar-refractivity contribution in [3.8, 4) is 0 Å². The van der Waals surface area contributed by atoms with E-state index in [0.29, 0.717) is 18.5 Å². The van der Waals surface area contributed by atoms with E-state index in [1.807, 2.05) is 60.1 Å². The number of para-hydroxylation sites is 2. The second kappa shape index (κ2) is 10.4. The van der Waals surface area contributed by atoms with Gasteiger partial charge in [-0.05, 0) is 49.2 Å². The van der Waals surface area contributed by atoms with Crippen molar-refractivity contribution in [2.45, 2.75) is 32.1 Å². The Morgan fingerprint density at radius 2 is 1.70 bits per heavy atom. The molecule has 0 unspecified atom stereocenters. The zero-order valence-electron chi connectivity index (χ0n) is 17.6. The minimum absolute atomic E-state index is 0.0744. The molecule has 0 aliphatic carbocycles. The highest BCUT2D eigenvalue weighted by Gasteiger charge is 2.08. The van der Waals surface area contributed by atoms with Gasteiger partial charge in [-0.15, -0.1) is 0 Å². The van der Waals surface area contributed by atoms with Crippen molar-refractivity contribution < 1.29 is 9.59 Å². The number of anilines is 2. The van der Waals surface area contributed by atoms with Gasteiger partial charge in [0.05, 0.1) is 11.0 Å². The zero-order valence-corrected chi connectivity index (χ0v) is 17.6. The molecule has 0 saturated carbocycles. The van der Waals surface area contributed by atoms with E-state index in [4.69, 9.17) is 0 Å². The molecule has 1 heterocycles. The van der Waals surface area contributed by atoms with Gasteiger partial charge in [0, 0.05) is 38.3 Å². The lowest BCUT2D eigenvalue weighted by molar-refractivity contribution is -0.120. The van der Waals surface area contributed by atoms with Crippen LogP contribution in [0.3, 0.4) is 0 Å². The van der Waals surface area contributed by atoms with Gasteiger partial charge in [0.25, 0.3) is 5.91 Å². The fourth-order valence-corrected chi connectivity index (χ4v) is 3.28. The average Bonchev–Trinajstić information content (AvgIpc) is 3.08. The van der Waals surface area contributed by atoms with Crippen LogP contribution in [0.2, 0.25) is 0 Å². The normalized spacial score (nSPS) is 10.7. The summed E-state index contributed by atoms with van der Waals surface area (Å²) in [7, 11) is 3.62. The molecule has 7 heteroatoms. The number of rotatable bonds is 10. The molecule has 3 aromatic rings. The predicted molar refractivity (Wildman–Crippen MR) is 120 cm³/mol. The molecule has 3 N–H and O–H groups in total. The Kier molecular flexibility index (Phi) is 7.43. The van der Waals surface area contributed by atoms with E-state index < -0.39 is 0 Å². The van der Waals surface area contributed by atoms with Crippen molar-refractivity contribution >= 4 is 34.5 Å². The highest BCUT2D eigenvalue weighted by atomic mass is 16.2. The molecule has 0 aliphatic heterocycles. The monoisotopic (exact) mass is 407 g/mol. The van der Waals surface area contributed by atoms with Crippen molar-refractivity contribution in [1.82, 2.24) is 20.2 Å². The lowest BCUT2D eigenvalue weighted by atomic mass is 10.1. The Labute approximate surface area is 176 Å². The van der Waals surface area contributed by atoms with Gasteiger partial charge in [-0.2, -0.15) is 0 Å². The third-order valence-electron chi connectivity index (χ3n) is 5.09. The number of amides is 2. The topological polar surface area (TPSA) is 88.1 Å². The highest BCUT2D eigenvalue weighted by Crippen LogP contribution is 2.21. The number of unbranched alkanes of at least 4 members (excludes halogenated alkanes) is 3. The summed E-state index contributed by atoms with van der Waals surface area (Å²) in [5, 5.41) is 8.88. The quantitative estimate of drug-likeness (QED) is 0.447. The van der Waals surface area contributed by atoms with Gasteiger partial charge in [0.1, 0.15) is 0 Å². The minimum atomic E-state index is -0.0744. The van der Waals surface area contributed by atoms with Gasteiger partial charge in [0.15, 0.2) is 0 Å². The maximum absolute atomic E-state index is 12.3. The van der Waals surface area contributed by atoms with E-state index in [1.165, 1.54) is 0 Å². The molecule has 0 aliphatic rings. The summed E-state index contributed by atoms with van der Waals surface area (Å²) in [4.78, 5) is 28.1. The van der Waals surface area contributed by atoms with E-state index in [2.05, 4.69) is 20.9 Å². The molecule has 158 valence electrons. The molecule has 0 spiro atoms. The van der Waals surface area contributed by atoms with Gasteiger partial charge in [-0.1, -0.05) is 25.0 Å². The first-order valence-corrected chi connectivity index (χ1v) is 10.4. The summed E-state index contributed by atoms with van der Waals surface area (Å²) in [5.74, 6) is 0.761. The van der Waals surface area contributed by atoms with Crippen LogP contribution < -0.4 is 16.0 Å². The number of aromatic nitrogens is 2. The molecule has 0 fully saturated rings. The van der Waals surface area contributed by atoms with Gasteiger partial charge in [-0.3, -0.25) is 9.59 Å². The van der Waals surface area contributed by atoms with Gasteiger partial charge in [0.2, 0.25) is 11.9 Å². The second-order valence-corrected chi connectivity index (χ2v) is 7.28. The standard InChI is InChI=1S/C23H29N5O2/c1-24-21(29)11-5-3-4-8-16-25-22(30)17-12-14-18(15-13-17)26-23-27-19-9-6-7-10-20(19)28(23)2/h6-7,9-10,12-15H,3-5,8,11,16H2,1-2H3,(H,24,29)(H,25,30)(H,26,27). The van der Waals surface area contributed by atoms with Crippen LogP contribution in [0.15, 0.2) is 48.5 Å². The molecule has 7 nitrogen and oxygen atoms in total. The van der Waals surface area contributed by atoms with Crippen LogP contribution in [0.1, 0.15) is 42.5 Å². The molecule has 0 radical (unpaired) electrons. The number of hydrogen-bond acceptors (Lipinski definition) is 4. The minimum Gasteiger partial charge on any atom is -0.359 e. The number of benzene rings is 2. The molecule has 1 aromatic heterocycles. The van der Waals surface area contributed by atoms with E-state index in [-0.39, 0.29) is 11.8 Å². The Balaban J connectivity index is 1.44. The summed E-state index contributed by atoms with van der Waals surface area (Å²) in [6.45, 7) is 0.638. The molecule has 30 heavy (non-hydrogen) atoms. The number of carbonyl (C=O) groups is 2. The first kappa shape index (κ1) is 21.4. The number of nitrogens with zero attached hydrogens (tertiary/aromatic N) is 2. The van der Waals surface area contributed by atoms with Crippen molar-refractivity contribution in [3.05, 3.63) is 54.1 Å². The summed E-state index contributed by atoms with van der Waals surface area (Å²) in [5.41, 5.74) is 3.50. The Bertz CT molecular complexity index is 995.